The number of carbonyl (C=O) groups is 2. The third-order valence-corrected chi connectivity index (χ3v) is 6.26. The highest BCUT2D eigenvalue weighted by atomic mass is 16.6. The van der Waals surface area contributed by atoms with Crippen LogP contribution in [0.2, 0.25) is 0 Å². The van der Waals surface area contributed by atoms with Gasteiger partial charge in [0.05, 0.1) is 12.3 Å². The molecular formula is C21H29N3O4. The van der Waals surface area contributed by atoms with Gasteiger partial charge >= 0.3 is 12.2 Å². The van der Waals surface area contributed by atoms with Crippen molar-refractivity contribution in [1.82, 2.24) is 9.80 Å². The summed E-state index contributed by atoms with van der Waals surface area (Å²) in [6.07, 6.45) is 3.13. The highest BCUT2D eigenvalue weighted by Crippen LogP contribution is 2.43. The lowest BCUT2D eigenvalue weighted by atomic mass is 9.82. The van der Waals surface area contributed by atoms with Gasteiger partial charge < -0.3 is 19.3 Å². The summed E-state index contributed by atoms with van der Waals surface area (Å²) in [6.45, 7) is 6.69. The Balaban J connectivity index is 1.31. The predicted molar refractivity (Wildman–Crippen MR) is 105 cm³/mol. The van der Waals surface area contributed by atoms with E-state index in [1.807, 2.05) is 30.0 Å². The van der Waals surface area contributed by atoms with E-state index in [1.54, 1.807) is 0 Å². The molecule has 7 nitrogen and oxygen atoms in total. The van der Waals surface area contributed by atoms with Crippen molar-refractivity contribution in [3.8, 4) is 0 Å². The molecule has 2 fully saturated rings. The lowest BCUT2D eigenvalue weighted by Gasteiger charge is -2.45. The first-order chi connectivity index (χ1) is 13.6. The number of para-hydroxylation sites is 1. The standard InChI is InChI=1S/C21H29N3O4/c1-2-27-20(26)24-11-7-16(8-12-24)15-23-13-9-21(10-14-23)17-5-3-4-6-18(17)22-19(25)28-21/h3-6,16H,2,7-15H2,1H3,(H,22,25). The van der Waals surface area contributed by atoms with Gasteiger partial charge in [-0.25, -0.2) is 9.59 Å². The summed E-state index contributed by atoms with van der Waals surface area (Å²) in [6, 6.07) is 7.96. The van der Waals surface area contributed by atoms with E-state index in [2.05, 4.69) is 16.3 Å². The number of anilines is 1. The third-order valence-electron chi connectivity index (χ3n) is 6.26. The molecule has 3 aliphatic rings. The SMILES string of the molecule is CCOC(=O)N1CCC(CN2CCC3(CC2)OC(=O)Nc2ccccc23)CC1. The van der Waals surface area contributed by atoms with Gasteiger partial charge in [0.15, 0.2) is 0 Å². The van der Waals surface area contributed by atoms with Gasteiger partial charge in [-0.2, -0.15) is 0 Å². The molecule has 0 atom stereocenters. The van der Waals surface area contributed by atoms with Crippen LogP contribution in [0.4, 0.5) is 15.3 Å². The molecule has 0 radical (unpaired) electrons. The molecule has 1 spiro atoms. The van der Waals surface area contributed by atoms with Crippen molar-refractivity contribution in [3.63, 3.8) is 0 Å². The minimum absolute atomic E-state index is 0.188. The number of hydrogen-bond donors (Lipinski definition) is 1. The summed E-state index contributed by atoms with van der Waals surface area (Å²) in [4.78, 5) is 28.2. The molecule has 0 saturated carbocycles. The maximum Gasteiger partial charge on any atom is 0.412 e. The van der Waals surface area contributed by atoms with Crippen LogP contribution in [0.15, 0.2) is 24.3 Å². The Labute approximate surface area is 166 Å². The highest BCUT2D eigenvalue weighted by molar-refractivity contribution is 5.88. The van der Waals surface area contributed by atoms with E-state index in [-0.39, 0.29) is 12.2 Å². The van der Waals surface area contributed by atoms with Crippen molar-refractivity contribution >= 4 is 17.9 Å². The molecule has 0 unspecified atom stereocenters. The zero-order valence-electron chi connectivity index (χ0n) is 16.5. The number of ether oxygens (including phenoxy) is 2. The minimum Gasteiger partial charge on any atom is -0.450 e. The van der Waals surface area contributed by atoms with Gasteiger partial charge in [0.25, 0.3) is 0 Å². The van der Waals surface area contributed by atoms with Crippen molar-refractivity contribution in [2.75, 3.05) is 44.6 Å². The van der Waals surface area contributed by atoms with Crippen molar-refractivity contribution in [2.24, 2.45) is 5.92 Å². The van der Waals surface area contributed by atoms with Gasteiger partial charge in [0, 0.05) is 51.1 Å². The molecule has 3 aliphatic heterocycles. The number of nitrogens with zero attached hydrogens (tertiary/aromatic N) is 2. The molecule has 0 aliphatic carbocycles. The first kappa shape index (κ1) is 19.1. The van der Waals surface area contributed by atoms with Crippen molar-refractivity contribution in [3.05, 3.63) is 29.8 Å². The molecule has 2 amide bonds. The van der Waals surface area contributed by atoms with E-state index in [0.29, 0.717) is 12.5 Å². The maximum atomic E-state index is 12.0. The number of nitrogens with one attached hydrogen (secondary N) is 1. The summed E-state index contributed by atoms with van der Waals surface area (Å²) >= 11 is 0. The molecule has 152 valence electrons. The Morgan fingerprint density at radius 1 is 1.21 bits per heavy atom. The van der Waals surface area contributed by atoms with Gasteiger partial charge in [0.2, 0.25) is 0 Å². The fraction of sp³-hybridized carbons (Fsp3) is 0.619. The summed E-state index contributed by atoms with van der Waals surface area (Å²) in [7, 11) is 0. The Kier molecular flexibility index (Phi) is 5.44. The normalized spacial score (nSPS) is 22.3. The number of fused-ring (bicyclic) bond motifs is 2. The number of hydrogen-bond acceptors (Lipinski definition) is 5. The molecule has 3 heterocycles. The van der Waals surface area contributed by atoms with E-state index in [0.717, 1.165) is 69.7 Å². The van der Waals surface area contributed by atoms with Gasteiger partial charge in [-0.15, -0.1) is 0 Å². The van der Waals surface area contributed by atoms with Gasteiger partial charge in [-0.05, 0) is 31.7 Å². The zero-order valence-corrected chi connectivity index (χ0v) is 16.5. The van der Waals surface area contributed by atoms with E-state index < -0.39 is 5.60 Å². The summed E-state index contributed by atoms with van der Waals surface area (Å²) in [5.41, 5.74) is 1.47. The topological polar surface area (TPSA) is 71.1 Å². The average molecular weight is 387 g/mol. The fourth-order valence-electron chi connectivity index (χ4n) is 4.70. The Morgan fingerprint density at radius 2 is 1.93 bits per heavy atom. The van der Waals surface area contributed by atoms with Crippen LogP contribution in [0.25, 0.3) is 0 Å². The fourth-order valence-corrected chi connectivity index (χ4v) is 4.70. The molecule has 7 heteroatoms. The molecule has 1 N–H and O–H groups in total. The second kappa shape index (κ2) is 7.99. The Bertz CT molecular complexity index is 722. The first-order valence-electron chi connectivity index (χ1n) is 10.3. The Morgan fingerprint density at radius 3 is 2.64 bits per heavy atom. The van der Waals surface area contributed by atoms with Crippen LogP contribution in [0.3, 0.4) is 0 Å². The van der Waals surface area contributed by atoms with Crippen LogP contribution in [-0.2, 0) is 15.1 Å². The lowest BCUT2D eigenvalue weighted by Crippen LogP contribution is -2.50. The smallest absolute Gasteiger partial charge is 0.412 e. The molecule has 1 aromatic carbocycles. The van der Waals surface area contributed by atoms with E-state index in [9.17, 15) is 9.59 Å². The summed E-state index contributed by atoms with van der Waals surface area (Å²) in [5.74, 6) is 0.600. The zero-order chi connectivity index (χ0) is 19.6. The number of likely N-dealkylation sites (tertiary alicyclic amines) is 2. The highest BCUT2D eigenvalue weighted by Gasteiger charge is 2.44. The quantitative estimate of drug-likeness (QED) is 0.861. The number of amides is 2. The number of rotatable bonds is 3. The third kappa shape index (κ3) is 3.81. The molecule has 28 heavy (non-hydrogen) atoms. The molecule has 0 aromatic heterocycles. The number of benzene rings is 1. The van der Waals surface area contributed by atoms with Gasteiger partial charge in [0.1, 0.15) is 5.60 Å². The first-order valence-corrected chi connectivity index (χ1v) is 10.3. The predicted octanol–water partition coefficient (Wildman–Crippen LogP) is 3.41. The van der Waals surface area contributed by atoms with E-state index in [1.165, 1.54) is 0 Å². The van der Waals surface area contributed by atoms with E-state index >= 15 is 0 Å². The molecule has 1 aromatic rings. The molecule has 4 rings (SSSR count). The van der Waals surface area contributed by atoms with Crippen LogP contribution >= 0.6 is 0 Å². The number of carbonyl (C=O) groups excluding carboxylic acids is 2. The van der Waals surface area contributed by atoms with Gasteiger partial charge in [-0.3, -0.25) is 5.32 Å². The van der Waals surface area contributed by atoms with E-state index in [4.69, 9.17) is 9.47 Å². The second-order valence-corrected chi connectivity index (χ2v) is 7.98. The Hall–Kier alpha value is -2.28. The van der Waals surface area contributed by atoms with Crippen LogP contribution in [0, 0.1) is 5.92 Å². The van der Waals surface area contributed by atoms with Crippen molar-refractivity contribution in [1.29, 1.82) is 0 Å². The maximum absolute atomic E-state index is 12.0. The largest absolute Gasteiger partial charge is 0.450 e. The van der Waals surface area contributed by atoms with Crippen LogP contribution < -0.4 is 5.32 Å². The molecule has 0 bridgehead atoms. The van der Waals surface area contributed by atoms with Crippen LogP contribution in [0.1, 0.15) is 38.2 Å². The van der Waals surface area contributed by atoms with Crippen molar-refractivity contribution < 1.29 is 19.1 Å². The average Bonchev–Trinajstić information content (AvgIpc) is 2.70. The summed E-state index contributed by atoms with van der Waals surface area (Å²) < 4.78 is 10.9. The lowest BCUT2D eigenvalue weighted by molar-refractivity contribution is -0.0415. The minimum atomic E-state index is -0.497. The summed E-state index contributed by atoms with van der Waals surface area (Å²) in [5, 5.41) is 2.81. The molecular weight excluding hydrogens is 358 g/mol. The second-order valence-electron chi connectivity index (χ2n) is 7.98. The molecule has 2 saturated heterocycles. The van der Waals surface area contributed by atoms with Gasteiger partial charge in [-0.1, -0.05) is 18.2 Å². The van der Waals surface area contributed by atoms with Crippen LogP contribution in [0.5, 0.6) is 0 Å². The monoisotopic (exact) mass is 387 g/mol. The number of piperidine rings is 2. The van der Waals surface area contributed by atoms with Crippen LogP contribution in [-0.4, -0.2) is 61.3 Å². The van der Waals surface area contributed by atoms with Crippen molar-refractivity contribution in [2.45, 2.75) is 38.2 Å².